The SMILES string of the molecule is COc1cnc(NCCn2cc(C)cn2)nc1. The second kappa shape index (κ2) is 5.29. The van der Waals surface area contributed by atoms with Crippen molar-refractivity contribution in [1.29, 1.82) is 0 Å². The highest BCUT2D eigenvalue weighted by Gasteiger charge is 1.97. The Morgan fingerprint density at radius 2 is 2.06 bits per heavy atom. The maximum atomic E-state index is 4.98. The van der Waals surface area contributed by atoms with Crippen LogP contribution < -0.4 is 10.1 Å². The number of hydrogen-bond donors (Lipinski definition) is 1. The van der Waals surface area contributed by atoms with Crippen molar-refractivity contribution in [1.82, 2.24) is 19.7 Å². The minimum absolute atomic E-state index is 0.592. The van der Waals surface area contributed by atoms with Gasteiger partial charge in [0.05, 0.1) is 32.2 Å². The summed E-state index contributed by atoms with van der Waals surface area (Å²) in [6.45, 7) is 3.53. The second-order valence-electron chi connectivity index (χ2n) is 3.65. The van der Waals surface area contributed by atoms with Crippen LogP contribution in [0, 0.1) is 6.92 Å². The summed E-state index contributed by atoms with van der Waals surface area (Å²) in [5, 5.41) is 7.31. The summed E-state index contributed by atoms with van der Waals surface area (Å²) in [4.78, 5) is 8.22. The van der Waals surface area contributed by atoms with Crippen molar-refractivity contribution in [2.24, 2.45) is 0 Å². The molecule has 6 nitrogen and oxygen atoms in total. The van der Waals surface area contributed by atoms with Gasteiger partial charge >= 0.3 is 0 Å². The smallest absolute Gasteiger partial charge is 0.222 e. The summed E-state index contributed by atoms with van der Waals surface area (Å²) < 4.78 is 6.86. The molecular weight excluding hydrogens is 218 g/mol. The predicted molar refractivity (Wildman–Crippen MR) is 64.0 cm³/mol. The number of aryl methyl sites for hydroxylation is 1. The first-order valence-electron chi connectivity index (χ1n) is 5.37. The van der Waals surface area contributed by atoms with Crippen LogP contribution >= 0.6 is 0 Å². The molecule has 0 atom stereocenters. The third-order valence-electron chi connectivity index (χ3n) is 2.25. The van der Waals surface area contributed by atoms with E-state index in [0.29, 0.717) is 11.7 Å². The fourth-order valence-corrected chi connectivity index (χ4v) is 1.38. The first kappa shape index (κ1) is 11.4. The lowest BCUT2D eigenvalue weighted by molar-refractivity contribution is 0.411. The molecule has 90 valence electrons. The molecule has 2 aromatic rings. The molecule has 0 saturated carbocycles. The molecule has 17 heavy (non-hydrogen) atoms. The van der Waals surface area contributed by atoms with E-state index in [1.165, 1.54) is 0 Å². The van der Waals surface area contributed by atoms with Crippen molar-refractivity contribution < 1.29 is 4.74 Å². The van der Waals surface area contributed by atoms with Crippen LogP contribution in [0.25, 0.3) is 0 Å². The van der Waals surface area contributed by atoms with E-state index in [1.807, 2.05) is 24.0 Å². The molecule has 0 amide bonds. The zero-order valence-electron chi connectivity index (χ0n) is 9.92. The number of nitrogens with one attached hydrogen (secondary N) is 1. The molecule has 0 fully saturated rings. The zero-order valence-corrected chi connectivity index (χ0v) is 9.92. The van der Waals surface area contributed by atoms with Crippen LogP contribution in [-0.2, 0) is 6.54 Å². The summed E-state index contributed by atoms with van der Waals surface area (Å²) in [6, 6.07) is 0. The average Bonchev–Trinajstić information content (AvgIpc) is 2.76. The molecule has 0 aliphatic rings. The normalized spacial score (nSPS) is 10.2. The largest absolute Gasteiger partial charge is 0.494 e. The van der Waals surface area contributed by atoms with E-state index in [9.17, 15) is 0 Å². The molecule has 0 bridgehead atoms. The van der Waals surface area contributed by atoms with Crippen LogP contribution in [0.15, 0.2) is 24.8 Å². The highest BCUT2D eigenvalue weighted by Crippen LogP contribution is 2.06. The van der Waals surface area contributed by atoms with Crippen LogP contribution in [0.4, 0.5) is 5.95 Å². The van der Waals surface area contributed by atoms with E-state index in [1.54, 1.807) is 19.5 Å². The highest BCUT2D eigenvalue weighted by molar-refractivity contribution is 5.26. The molecular formula is C11H15N5O. The van der Waals surface area contributed by atoms with E-state index in [2.05, 4.69) is 20.4 Å². The lowest BCUT2D eigenvalue weighted by Crippen LogP contribution is -2.12. The van der Waals surface area contributed by atoms with Gasteiger partial charge in [-0.05, 0) is 12.5 Å². The molecule has 0 unspecified atom stereocenters. The Hall–Kier alpha value is -2.11. The number of ether oxygens (including phenoxy) is 1. The number of hydrogen-bond acceptors (Lipinski definition) is 5. The van der Waals surface area contributed by atoms with Gasteiger partial charge in [0.15, 0.2) is 5.75 Å². The van der Waals surface area contributed by atoms with Crippen molar-refractivity contribution in [3.63, 3.8) is 0 Å². The van der Waals surface area contributed by atoms with Gasteiger partial charge in [0, 0.05) is 12.7 Å². The van der Waals surface area contributed by atoms with Crippen molar-refractivity contribution in [2.75, 3.05) is 19.0 Å². The van der Waals surface area contributed by atoms with Crippen LogP contribution in [0.5, 0.6) is 5.75 Å². The molecule has 2 aromatic heterocycles. The van der Waals surface area contributed by atoms with E-state index >= 15 is 0 Å². The Morgan fingerprint density at radius 1 is 1.29 bits per heavy atom. The van der Waals surface area contributed by atoms with E-state index in [0.717, 1.165) is 18.7 Å². The van der Waals surface area contributed by atoms with Crippen LogP contribution in [0.3, 0.4) is 0 Å². The predicted octanol–water partition coefficient (Wildman–Crippen LogP) is 1.10. The van der Waals surface area contributed by atoms with Gasteiger partial charge in [-0.15, -0.1) is 0 Å². The fraction of sp³-hybridized carbons (Fsp3) is 0.364. The molecule has 6 heteroatoms. The van der Waals surface area contributed by atoms with Gasteiger partial charge in [-0.2, -0.15) is 5.10 Å². The minimum atomic E-state index is 0.592. The molecule has 2 rings (SSSR count). The zero-order chi connectivity index (χ0) is 12.1. The van der Waals surface area contributed by atoms with Crippen molar-refractivity contribution >= 4 is 5.95 Å². The molecule has 0 spiro atoms. The van der Waals surface area contributed by atoms with Gasteiger partial charge in [0.25, 0.3) is 0 Å². The Balaban J connectivity index is 1.81. The average molecular weight is 233 g/mol. The highest BCUT2D eigenvalue weighted by atomic mass is 16.5. The quantitative estimate of drug-likeness (QED) is 0.837. The Bertz CT molecular complexity index is 465. The van der Waals surface area contributed by atoms with Crippen molar-refractivity contribution in [2.45, 2.75) is 13.5 Å². The topological polar surface area (TPSA) is 64.9 Å². The molecule has 0 aromatic carbocycles. The number of nitrogens with zero attached hydrogens (tertiary/aromatic N) is 4. The molecule has 0 aliphatic heterocycles. The number of aromatic nitrogens is 4. The summed E-state index contributed by atoms with van der Waals surface area (Å²) in [5.74, 6) is 1.24. The summed E-state index contributed by atoms with van der Waals surface area (Å²) in [6.07, 6.45) is 7.10. The third kappa shape index (κ3) is 3.17. The lowest BCUT2D eigenvalue weighted by Gasteiger charge is -2.05. The molecule has 0 radical (unpaired) electrons. The standard InChI is InChI=1S/C11H15N5O/c1-9-5-15-16(8-9)4-3-12-11-13-6-10(17-2)7-14-11/h5-8H,3-4H2,1-2H3,(H,12,13,14). The van der Waals surface area contributed by atoms with E-state index < -0.39 is 0 Å². The lowest BCUT2D eigenvalue weighted by atomic mass is 10.4. The Kier molecular flexibility index (Phi) is 3.54. The third-order valence-corrected chi connectivity index (χ3v) is 2.25. The fourth-order valence-electron chi connectivity index (χ4n) is 1.38. The molecule has 2 heterocycles. The van der Waals surface area contributed by atoms with Crippen LogP contribution in [0.2, 0.25) is 0 Å². The first-order chi connectivity index (χ1) is 8.28. The van der Waals surface area contributed by atoms with E-state index in [4.69, 9.17) is 4.74 Å². The van der Waals surface area contributed by atoms with Gasteiger partial charge in [-0.25, -0.2) is 9.97 Å². The maximum absolute atomic E-state index is 4.98. The van der Waals surface area contributed by atoms with Gasteiger partial charge in [-0.1, -0.05) is 0 Å². The number of rotatable bonds is 5. The summed E-state index contributed by atoms with van der Waals surface area (Å²) in [5.41, 5.74) is 1.16. The van der Waals surface area contributed by atoms with Gasteiger partial charge in [0.1, 0.15) is 0 Å². The molecule has 1 N–H and O–H groups in total. The Labute approximate surface area is 99.7 Å². The van der Waals surface area contributed by atoms with Gasteiger partial charge in [0.2, 0.25) is 5.95 Å². The molecule has 0 aliphatic carbocycles. The van der Waals surface area contributed by atoms with Gasteiger partial charge < -0.3 is 10.1 Å². The summed E-state index contributed by atoms with van der Waals surface area (Å²) in [7, 11) is 1.59. The minimum Gasteiger partial charge on any atom is -0.494 e. The maximum Gasteiger partial charge on any atom is 0.222 e. The van der Waals surface area contributed by atoms with Crippen LogP contribution in [0.1, 0.15) is 5.56 Å². The number of methoxy groups -OCH3 is 1. The van der Waals surface area contributed by atoms with Crippen LogP contribution in [-0.4, -0.2) is 33.4 Å². The second-order valence-corrected chi connectivity index (χ2v) is 3.65. The van der Waals surface area contributed by atoms with Crippen molar-refractivity contribution in [3.8, 4) is 5.75 Å². The van der Waals surface area contributed by atoms with Crippen molar-refractivity contribution in [3.05, 3.63) is 30.4 Å². The monoisotopic (exact) mass is 233 g/mol. The number of anilines is 1. The Morgan fingerprint density at radius 3 is 2.65 bits per heavy atom. The molecule has 0 saturated heterocycles. The van der Waals surface area contributed by atoms with E-state index in [-0.39, 0.29) is 0 Å². The first-order valence-corrected chi connectivity index (χ1v) is 5.37. The summed E-state index contributed by atoms with van der Waals surface area (Å²) >= 11 is 0. The van der Waals surface area contributed by atoms with Gasteiger partial charge in [-0.3, -0.25) is 4.68 Å².